The number of nitrogens with one attached hydrogen (secondary N) is 1. The molecular weight excluding hydrogens is 287 g/mol. The van der Waals surface area contributed by atoms with Crippen molar-refractivity contribution in [1.82, 2.24) is 9.88 Å². The molecule has 2 nitrogen and oxygen atoms in total. The van der Waals surface area contributed by atoms with Gasteiger partial charge in [0.1, 0.15) is 5.82 Å². The van der Waals surface area contributed by atoms with Gasteiger partial charge < -0.3 is 9.88 Å². The minimum atomic E-state index is -0.145. The Morgan fingerprint density at radius 1 is 1.04 bits per heavy atom. The van der Waals surface area contributed by atoms with Gasteiger partial charge in [0.05, 0.1) is 6.54 Å². The molecule has 2 heterocycles. The number of hydrogen-bond donors (Lipinski definition) is 1. The summed E-state index contributed by atoms with van der Waals surface area (Å²) in [6.45, 7) is 2.49. The Kier molecular flexibility index (Phi) is 3.72. The topological polar surface area (TPSA) is 17.0 Å². The van der Waals surface area contributed by atoms with Crippen molar-refractivity contribution in [1.29, 1.82) is 0 Å². The van der Waals surface area contributed by atoms with Gasteiger partial charge in [-0.15, -0.1) is 0 Å². The van der Waals surface area contributed by atoms with Crippen molar-refractivity contribution in [3.05, 3.63) is 77.7 Å². The average molecular weight is 306 g/mol. The highest BCUT2D eigenvalue weighted by Gasteiger charge is 2.14. The van der Waals surface area contributed by atoms with E-state index in [2.05, 4.69) is 40.4 Å². The normalized spacial score (nSPS) is 14.9. The van der Waals surface area contributed by atoms with Gasteiger partial charge in [-0.25, -0.2) is 4.39 Å². The molecule has 116 valence electrons. The molecule has 0 atom stereocenters. The van der Waals surface area contributed by atoms with Gasteiger partial charge in [0.25, 0.3) is 0 Å². The van der Waals surface area contributed by atoms with Crippen molar-refractivity contribution in [2.24, 2.45) is 0 Å². The Balaban J connectivity index is 1.81. The van der Waals surface area contributed by atoms with E-state index in [1.165, 1.54) is 22.6 Å². The molecule has 0 aliphatic carbocycles. The molecule has 0 bridgehead atoms. The maximum absolute atomic E-state index is 14.0. The zero-order valence-corrected chi connectivity index (χ0v) is 12.9. The van der Waals surface area contributed by atoms with Crippen LogP contribution in [0.2, 0.25) is 0 Å². The van der Waals surface area contributed by atoms with Gasteiger partial charge in [0, 0.05) is 34.8 Å². The molecule has 0 radical (unpaired) electrons. The fourth-order valence-corrected chi connectivity index (χ4v) is 3.31. The molecule has 0 unspecified atom stereocenters. The predicted octanol–water partition coefficient (Wildman–Crippen LogP) is 4.21. The Bertz CT molecular complexity index is 876. The average Bonchev–Trinajstić information content (AvgIpc) is 2.97. The second kappa shape index (κ2) is 6.01. The summed E-state index contributed by atoms with van der Waals surface area (Å²) in [6, 6.07) is 15.4. The lowest BCUT2D eigenvalue weighted by Gasteiger charge is -2.13. The molecule has 1 aliphatic rings. The molecule has 0 spiro atoms. The molecule has 0 saturated carbocycles. The van der Waals surface area contributed by atoms with Crippen molar-refractivity contribution >= 4 is 16.5 Å². The first-order chi connectivity index (χ1) is 11.3. The van der Waals surface area contributed by atoms with E-state index in [1.807, 2.05) is 18.2 Å². The number of aromatic nitrogens is 1. The van der Waals surface area contributed by atoms with Gasteiger partial charge in [-0.1, -0.05) is 42.5 Å². The number of nitrogens with zero attached hydrogens (tertiary/aromatic N) is 1. The molecule has 1 aliphatic heterocycles. The first-order valence-electron chi connectivity index (χ1n) is 8.04. The Labute approximate surface area is 135 Å². The van der Waals surface area contributed by atoms with E-state index in [-0.39, 0.29) is 5.82 Å². The van der Waals surface area contributed by atoms with E-state index in [1.54, 1.807) is 6.07 Å². The van der Waals surface area contributed by atoms with Crippen LogP contribution >= 0.6 is 0 Å². The molecular formula is C20H19FN2. The summed E-state index contributed by atoms with van der Waals surface area (Å²) in [5.74, 6) is -0.145. The molecule has 23 heavy (non-hydrogen) atoms. The number of hydrogen-bond acceptors (Lipinski definition) is 1. The van der Waals surface area contributed by atoms with Gasteiger partial charge in [-0.05, 0) is 30.7 Å². The van der Waals surface area contributed by atoms with Gasteiger partial charge >= 0.3 is 0 Å². The number of halogens is 1. The zero-order valence-electron chi connectivity index (χ0n) is 12.9. The van der Waals surface area contributed by atoms with Crippen LogP contribution in [0.4, 0.5) is 4.39 Å². The summed E-state index contributed by atoms with van der Waals surface area (Å²) in [5.41, 5.74) is 4.54. The summed E-state index contributed by atoms with van der Waals surface area (Å²) in [7, 11) is 0. The van der Waals surface area contributed by atoms with Crippen LogP contribution < -0.4 is 5.32 Å². The van der Waals surface area contributed by atoms with Crippen LogP contribution in [-0.2, 0) is 6.54 Å². The Morgan fingerprint density at radius 2 is 1.87 bits per heavy atom. The van der Waals surface area contributed by atoms with Crippen LogP contribution in [0.15, 0.2) is 60.8 Å². The number of para-hydroxylation sites is 1. The summed E-state index contributed by atoms with van der Waals surface area (Å²) in [6.07, 6.45) is 5.47. The highest BCUT2D eigenvalue weighted by molar-refractivity contribution is 5.93. The van der Waals surface area contributed by atoms with Crippen LogP contribution in [0.25, 0.3) is 16.5 Å². The van der Waals surface area contributed by atoms with Gasteiger partial charge in [0.15, 0.2) is 0 Å². The monoisotopic (exact) mass is 306 g/mol. The van der Waals surface area contributed by atoms with Crippen molar-refractivity contribution in [2.45, 2.75) is 13.0 Å². The third kappa shape index (κ3) is 2.68. The van der Waals surface area contributed by atoms with Gasteiger partial charge in [0.2, 0.25) is 0 Å². The van der Waals surface area contributed by atoms with Crippen molar-refractivity contribution < 1.29 is 4.39 Å². The van der Waals surface area contributed by atoms with Crippen LogP contribution in [0, 0.1) is 5.82 Å². The second-order valence-corrected chi connectivity index (χ2v) is 5.96. The van der Waals surface area contributed by atoms with Crippen molar-refractivity contribution in [2.75, 3.05) is 13.1 Å². The molecule has 0 amide bonds. The highest BCUT2D eigenvalue weighted by Crippen LogP contribution is 2.30. The third-order valence-electron chi connectivity index (χ3n) is 4.50. The van der Waals surface area contributed by atoms with E-state index >= 15 is 0 Å². The van der Waals surface area contributed by atoms with Crippen LogP contribution in [0.5, 0.6) is 0 Å². The fraction of sp³-hybridized carbons (Fsp3) is 0.200. The summed E-state index contributed by atoms with van der Waals surface area (Å²) >= 11 is 0. The lowest BCUT2D eigenvalue weighted by Crippen LogP contribution is -2.19. The number of rotatable bonds is 3. The molecule has 4 rings (SSSR count). The molecule has 3 aromatic rings. The maximum Gasteiger partial charge on any atom is 0.128 e. The standard InChI is InChI=1S/C20H19FN2/c21-19-7-3-1-5-16(19)13-23-14-18(15-9-11-22-12-10-15)17-6-2-4-8-20(17)23/h1-9,14,22H,10-13H2. The quantitative estimate of drug-likeness (QED) is 0.767. The lowest BCUT2D eigenvalue weighted by molar-refractivity contribution is 0.602. The summed E-state index contributed by atoms with van der Waals surface area (Å²) in [5, 5.41) is 4.60. The first-order valence-corrected chi connectivity index (χ1v) is 8.04. The summed E-state index contributed by atoms with van der Waals surface area (Å²) in [4.78, 5) is 0. The molecule has 0 fully saturated rings. The van der Waals surface area contributed by atoms with Gasteiger partial charge in [-0.2, -0.15) is 0 Å². The molecule has 0 saturated heterocycles. The molecule has 3 heteroatoms. The minimum absolute atomic E-state index is 0.145. The van der Waals surface area contributed by atoms with E-state index in [4.69, 9.17) is 0 Å². The Morgan fingerprint density at radius 3 is 2.70 bits per heavy atom. The first kappa shape index (κ1) is 14.2. The van der Waals surface area contributed by atoms with E-state index in [0.717, 1.165) is 30.6 Å². The maximum atomic E-state index is 14.0. The highest BCUT2D eigenvalue weighted by atomic mass is 19.1. The van der Waals surface area contributed by atoms with E-state index in [0.29, 0.717) is 6.54 Å². The second-order valence-electron chi connectivity index (χ2n) is 5.96. The van der Waals surface area contributed by atoms with E-state index < -0.39 is 0 Å². The predicted molar refractivity (Wildman–Crippen MR) is 92.9 cm³/mol. The minimum Gasteiger partial charge on any atom is -0.342 e. The molecule has 1 N–H and O–H groups in total. The SMILES string of the molecule is Fc1ccccc1Cn1cc(C2=CCNCC2)c2ccccc21. The molecule has 1 aromatic heterocycles. The van der Waals surface area contributed by atoms with Gasteiger partial charge in [-0.3, -0.25) is 0 Å². The van der Waals surface area contributed by atoms with Crippen molar-refractivity contribution in [3.63, 3.8) is 0 Å². The zero-order chi connectivity index (χ0) is 15.6. The van der Waals surface area contributed by atoms with Crippen molar-refractivity contribution in [3.8, 4) is 0 Å². The fourth-order valence-electron chi connectivity index (χ4n) is 3.31. The Hall–Kier alpha value is -2.39. The summed E-state index contributed by atoms with van der Waals surface area (Å²) < 4.78 is 16.2. The number of benzene rings is 2. The van der Waals surface area contributed by atoms with E-state index in [9.17, 15) is 4.39 Å². The number of fused-ring (bicyclic) bond motifs is 1. The van der Waals surface area contributed by atoms with Crippen LogP contribution in [0.1, 0.15) is 17.5 Å². The molecule has 2 aromatic carbocycles. The third-order valence-corrected chi connectivity index (χ3v) is 4.50. The lowest BCUT2D eigenvalue weighted by atomic mass is 10.00. The largest absolute Gasteiger partial charge is 0.342 e. The van der Waals surface area contributed by atoms with Crippen LogP contribution in [-0.4, -0.2) is 17.7 Å². The van der Waals surface area contributed by atoms with Crippen LogP contribution in [0.3, 0.4) is 0 Å². The smallest absolute Gasteiger partial charge is 0.128 e.